The van der Waals surface area contributed by atoms with Crippen molar-refractivity contribution in [3.63, 3.8) is 0 Å². The van der Waals surface area contributed by atoms with E-state index in [1.807, 2.05) is 36.4 Å². The lowest BCUT2D eigenvalue weighted by atomic mass is 10.1. The van der Waals surface area contributed by atoms with Gasteiger partial charge in [0.15, 0.2) is 0 Å². The molecule has 0 fully saturated rings. The molecule has 1 heterocycles. The van der Waals surface area contributed by atoms with E-state index < -0.39 is 0 Å². The highest BCUT2D eigenvalue weighted by molar-refractivity contribution is 5.85. The SMILES string of the molecule is CN(CCCCCc1cc(-c2ccccc2)no1)C(=O)CN.Cl. The zero-order chi connectivity index (χ0) is 15.8. The van der Waals surface area contributed by atoms with Crippen molar-refractivity contribution in [1.82, 2.24) is 10.1 Å². The third-order valence-corrected chi connectivity index (χ3v) is 3.65. The van der Waals surface area contributed by atoms with Gasteiger partial charge in [0.05, 0.1) is 6.54 Å². The zero-order valence-corrected chi connectivity index (χ0v) is 14.2. The van der Waals surface area contributed by atoms with Crippen molar-refractivity contribution >= 4 is 18.3 Å². The van der Waals surface area contributed by atoms with Gasteiger partial charge in [0, 0.05) is 31.6 Å². The second-order valence-electron chi connectivity index (χ2n) is 5.37. The summed E-state index contributed by atoms with van der Waals surface area (Å²) in [6, 6.07) is 12.0. The van der Waals surface area contributed by atoms with Crippen LogP contribution >= 0.6 is 12.4 Å². The van der Waals surface area contributed by atoms with E-state index >= 15 is 0 Å². The monoisotopic (exact) mass is 337 g/mol. The number of amides is 1. The summed E-state index contributed by atoms with van der Waals surface area (Å²) < 4.78 is 5.37. The van der Waals surface area contributed by atoms with E-state index in [9.17, 15) is 4.79 Å². The van der Waals surface area contributed by atoms with Crippen molar-refractivity contribution < 1.29 is 9.32 Å². The number of halogens is 1. The summed E-state index contributed by atoms with van der Waals surface area (Å²) in [5.74, 6) is 0.896. The average Bonchev–Trinajstić information content (AvgIpc) is 3.03. The Hall–Kier alpha value is -1.85. The van der Waals surface area contributed by atoms with Crippen LogP contribution in [0.15, 0.2) is 40.9 Å². The van der Waals surface area contributed by atoms with E-state index in [2.05, 4.69) is 5.16 Å². The molecule has 2 N–H and O–H groups in total. The number of hydrogen-bond donors (Lipinski definition) is 1. The summed E-state index contributed by atoms with van der Waals surface area (Å²) in [5, 5.41) is 4.11. The van der Waals surface area contributed by atoms with Crippen LogP contribution in [0.4, 0.5) is 0 Å². The standard InChI is InChI=1S/C17H23N3O2.ClH/c1-20(17(21)13-18)11-7-3-6-10-15-12-16(19-22-15)14-8-4-2-5-9-14;/h2,4-5,8-9,12H,3,6-7,10-11,13,18H2,1H3;1H. The van der Waals surface area contributed by atoms with Crippen molar-refractivity contribution in [3.05, 3.63) is 42.2 Å². The molecule has 0 saturated heterocycles. The molecule has 2 rings (SSSR count). The lowest BCUT2D eigenvalue weighted by Crippen LogP contribution is -2.33. The van der Waals surface area contributed by atoms with Gasteiger partial charge in [-0.2, -0.15) is 0 Å². The van der Waals surface area contributed by atoms with Gasteiger partial charge in [0.1, 0.15) is 11.5 Å². The Morgan fingerprint density at radius 2 is 1.96 bits per heavy atom. The lowest BCUT2D eigenvalue weighted by molar-refractivity contribution is -0.128. The first-order chi connectivity index (χ1) is 10.7. The van der Waals surface area contributed by atoms with Crippen molar-refractivity contribution in [2.45, 2.75) is 25.7 Å². The van der Waals surface area contributed by atoms with Crippen LogP contribution in [0.5, 0.6) is 0 Å². The smallest absolute Gasteiger partial charge is 0.236 e. The molecule has 0 saturated carbocycles. The normalized spacial score (nSPS) is 10.2. The Bertz CT molecular complexity index is 587. The van der Waals surface area contributed by atoms with Gasteiger partial charge in [-0.3, -0.25) is 4.79 Å². The van der Waals surface area contributed by atoms with Gasteiger partial charge in [0.25, 0.3) is 0 Å². The molecule has 6 heteroatoms. The van der Waals surface area contributed by atoms with Crippen LogP contribution in [0.2, 0.25) is 0 Å². The van der Waals surface area contributed by atoms with Crippen molar-refractivity contribution in [1.29, 1.82) is 0 Å². The topological polar surface area (TPSA) is 72.4 Å². The average molecular weight is 338 g/mol. The highest BCUT2D eigenvalue weighted by atomic mass is 35.5. The highest BCUT2D eigenvalue weighted by Crippen LogP contribution is 2.19. The quantitative estimate of drug-likeness (QED) is 0.752. The van der Waals surface area contributed by atoms with Gasteiger partial charge in [-0.1, -0.05) is 41.9 Å². The number of nitrogens with two attached hydrogens (primary N) is 1. The van der Waals surface area contributed by atoms with Crippen LogP contribution in [0.25, 0.3) is 11.3 Å². The summed E-state index contributed by atoms with van der Waals surface area (Å²) in [5.41, 5.74) is 7.27. The molecule has 23 heavy (non-hydrogen) atoms. The van der Waals surface area contributed by atoms with Gasteiger partial charge in [-0.25, -0.2) is 0 Å². The minimum atomic E-state index is -0.0114. The molecular weight excluding hydrogens is 314 g/mol. The fourth-order valence-electron chi connectivity index (χ4n) is 2.28. The summed E-state index contributed by atoms with van der Waals surface area (Å²) in [7, 11) is 1.79. The first-order valence-electron chi connectivity index (χ1n) is 7.65. The largest absolute Gasteiger partial charge is 0.361 e. The number of unbranched alkanes of at least 4 members (excludes halogenated alkanes) is 2. The van der Waals surface area contributed by atoms with Crippen molar-refractivity contribution in [2.75, 3.05) is 20.1 Å². The molecule has 0 aliphatic carbocycles. The predicted molar refractivity (Wildman–Crippen MR) is 93.4 cm³/mol. The maximum absolute atomic E-state index is 11.3. The van der Waals surface area contributed by atoms with Crippen LogP contribution < -0.4 is 5.73 Å². The minimum Gasteiger partial charge on any atom is -0.361 e. The van der Waals surface area contributed by atoms with Crippen molar-refractivity contribution in [2.24, 2.45) is 5.73 Å². The number of rotatable bonds is 8. The molecule has 0 radical (unpaired) electrons. The molecule has 0 atom stereocenters. The summed E-state index contributed by atoms with van der Waals surface area (Å²) in [4.78, 5) is 13.0. The molecule has 1 aromatic heterocycles. The molecule has 2 aromatic rings. The van der Waals surface area contributed by atoms with Crippen LogP contribution in [-0.2, 0) is 11.2 Å². The van der Waals surface area contributed by atoms with Gasteiger partial charge in [-0.05, 0) is 12.8 Å². The predicted octanol–water partition coefficient (Wildman–Crippen LogP) is 2.89. The van der Waals surface area contributed by atoms with E-state index in [4.69, 9.17) is 10.3 Å². The maximum Gasteiger partial charge on any atom is 0.236 e. The molecule has 0 unspecified atom stereocenters. The van der Waals surface area contributed by atoms with Crippen molar-refractivity contribution in [3.8, 4) is 11.3 Å². The van der Waals surface area contributed by atoms with E-state index in [1.54, 1.807) is 11.9 Å². The van der Waals surface area contributed by atoms with Crippen LogP contribution in [0.1, 0.15) is 25.0 Å². The van der Waals surface area contributed by atoms with Crippen LogP contribution in [-0.4, -0.2) is 36.1 Å². The second kappa shape index (κ2) is 10.0. The molecule has 0 spiro atoms. The molecular formula is C17H24ClN3O2. The Morgan fingerprint density at radius 1 is 1.22 bits per heavy atom. The molecule has 1 aromatic carbocycles. The molecule has 0 bridgehead atoms. The third-order valence-electron chi connectivity index (χ3n) is 3.65. The van der Waals surface area contributed by atoms with Crippen LogP contribution in [0.3, 0.4) is 0 Å². The molecule has 1 amide bonds. The molecule has 5 nitrogen and oxygen atoms in total. The third kappa shape index (κ3) is 6.04. The molecule has 0 aliphatic heterocycles. The second-order valence-corrected chi connectivity index (χ2v) is 5.37. The van der Waals surface area contributed by atoms with Gasteiger partial charge < -0.3 is 15.2 Å². The number of carbonyl (C=O) groups is 1. The summed E-state index contributed by atoms with van der Waals surface area (Å²) in [6.07, 6.45) is 3.91. The lowest BCUT2D eigenvalue weighted by Gasteiger charge is -2.15. The fraction of sp³-hybridized carbons (Fsp3) is 0.412. The van der Waals surface area contributed by atoms with E-state index in [0.29, 0.717) is 0 Å². The number of nitrogens with zero attached hydrogens (tertiary/aromatic N) is 2. The summed E-state index contributed by atoms with van der Waals surface area (Å²) in [6.45, 7) is 0.832. The minimum absolute atomic E-state index is 0. The number of hydrogen-bond acceptors (Lipinski definition) is 4. The first-order valence-corrected chi connectivity index (χ1v) is 7.65. The first kappa shape index (κ1) is 19.2. The molecule has 0 aliphatic rings. The molecule has 126 valence electrons. The fourth-order valence-corrected chi connectivity index (χ4v) is 2.28. The number of benzene rings is 1. The number of aromatic nitrogens is 1. The Labute approximate surface area is 143 Å². The van der Waals surface area contributed by atoms with Gasteiger partial charge in [-0.15, -0.1) is 12.4 Å². The maximum atomic E-state index is 11.3. The Balaban J connectivity index is 0.00000264. The Morgan fingerprint density at radius 3 is 2.65 bits per heavy atom. The number of carbonyl (C=O) groups excluding carboxylic acids is 1. The highest BCUT2D eigenvalue weighted by Gasteiger charge is 2.07. The zero-order valence-electron chi connectivity index (χ0n) is 13.4. The number of aryl methyl sites for hydroxylation is 1. The van der Waals surface area contributed by atoms with Crippen LogP contribution in [0, 0.1) is 0 Å². The van der Waals surface area contributed by atoms with Gasteiger partial charge >= 0.3 is 0 Å². The van der Waals surface area contributed by atoms with Gasteiger partial charge in [0.2, 0.25) is 5.91 Å². The van der Waals surface area contributed by atoms with E-state index in [-0.39, 0.29) is 24.9 Å². The summed E-state index contributed by atoms with van der Waals surface area (Å²) >= 11 is 0. The van der Waals surface area contributed by atoms with E-state index in [1.165, 1.54) is 0 Å². The van der Waals surface area contributed by atoms with E-state index in [0.717, 1.165) is 49.2 Å². The Kier molecular flexibility index (Phi) is 8.37. The number of likely N-dealkylation sites (N-methyl/N-ethyl adjacent to an activating group) is 1.